The summed E-state index contributed by atoms with van der Waals surface area (Å²) in [7, 11) is -4.11. The van der Waals surface area contributed by atoms with Crippen molar-refractivity contribution in [1.82, 2.24) is 5.16 Å². The molecule has 1 aliphatic rings. The third kappa shape index (κ3) is 3.22. The van der Waals surface area contributed by atoms with E-state index >= 15 is 0 Å². The van der Waals surface area contributed by atoms with E-state index in [4.69, 9.17) is 30.3 Å². The van der Waals surface area contributed by atoms with Crippen molar-refractivity contribution in [2.45, 2.75) is 11.8 Å². The van der Waals surface area contributed by atoms with E-state index in [1.807, 2.05) is 12.1 Å². The summed E-state index contributed by atoms with van der Waals surface area (Å²) in [6, 6.07) is 12.1. The van der Waals surface area contributed by atoms with Crippen LogP contribution in [0.4, 0.5) is 5.88 Å². The smallest absolute Gasteiger partial charge is 0.269 e. The summed E-state index contributed by atoms with van der Waals surface area (Å²) in [6.07, 6.45) is 0. The number of aryl methyl sites for hydroxylation is 1. The van der Waals surface area contributed by atoms with Gasteiger partial charge in [-0.2, -0.15) is 0 Å². The predicted octanol–water partition coefficient (Wildman–Crippen LogP) is 5.17. The molecule has 0 bridgehead atoms. The molecule has 3 heterocycles. The molecule has 1 aliphatic heterocycles. The molecule has 2 aromatic heterocycles. The minimum Gasteiger partial charge on any atom is -0.454 e. The van der Waals surface area contributed by atoms with E-state index in [-0.39, 0.29) is 27.7 Å². The molecule has 0 amide bonds. The number of benzene rings is 2. The van der Waals surface area contributed by atoms with E-state index in [1.165, 1.54) is 11.3 Å². The van der Waals surface area contributed by atoms with Gasteiger partial charge in [-0.1, -0.05) is 46.3 Å². The van der Waals surface area contributed by atoms with Crippen LogP contribution >= 0.6 is 22.9 Å². The predicted molar refractivity (Wildman–Crippen MR) is 112 cm³/mol. The fourth-order valence-electron chi connectivity index (χ4n) is 2.96. The molecule has 0 atom stereocenters. The normalized spacial score (nSPS) is 13.0. The fraction of sp³-hybridized carbons (Fsp3) is 0.105. The Bertz CT molecular complexity index is 1380. The van der Waals surface area contributed by atoms with Gasteiger partial charge in [0.1, 0.15) is 21.4 Å². The molecule has 0 unspecified atom stereocenters. The minimum atomic E-state index is -4.11. The van der Waals surface area contributed by atoms with Crippen LogP contribution < -0.4 is 18.9 Å². The lowest BCUT2D eigenvalue weighted by Gasteiger charge is -2.09. The highest BCUT2D eigenvalue weighted by Gasteiger charge is 2.29. The first-order valence-electron chi connectivity index (χ1n) is 8.66. The number of thiophene rings is 1. The topological polar surface area (TPSA) is 99.9 Å². The quantitative estimate of drug-likeness (QED) is 0.434. The first kappa shape index (κ1) is 19.0. The summed E-state index contributed by atoms with van der Waals surface area (Å²) in [4.78, 5) is -0.0223. The zero-order valence-corrected chi connectivity index (χ0v) is 17.7. The van der Waals surface area contributed by atoms with Crippen LogP contribution in [0.15, 0.2) is 51.9 Å². The lowest BCUT2D eigenvalue weighted by atomic mass is 10.3. The van der Waals surface area contributed by atoms with Gasteiger partial charge in [-0.25, -0.2) is 13.1 Å². The number of anilines is 1. The number of fused-ring (bicyclic) bond motifs is 2. The van der Waals surface area contributed by atoms with Gasteiger partial charge in [0.15, 0.2) is 11.5 Å². The lowest BCUT2D eigenvalue weighted by Crippen LogP contribution is -2.13. The summed E-state index contributed by atoms with van der Waals surface area (Å²) in [6.45, 7) is 1.74. The second-order valence-corrected chi connectivity index (χ2v) is 9.36. The first-order valence-corrected chi connectivity index (χ1v) is 11.3. The van der Waals surface area contributed by atoms with Gasteiger partial charge in [0.25, 0.3) is 15.9 Å². The molecule has 4 aromatic rings. The summed E-state index contributed by atoms with van der Waals surface area (Å²) in [5, 5.41) is 4.47. The SMILES string of the molecule is Cc1noc(NS(=O)(=O)c2c(Oc3ccc4c(c3)OCO4)sc3ccccc23)c1Cl. The van der Waals surface area contributed by atoms with Crippen molar-refractivity contribution in [2.75, 3.05) is 11.5 Å². The monoisotopic (exact) mass is 464 g/mol. The molecule has 0 fully saturated rings. The van der Waals surface area contributed by atoms with Gasteiger partial charge in [0.05, 0.1) is 0 Å². The van der Waals surface area contributed by atoms with Crippen LogP contribution in [0.25, 0.3) is 10.1 Å². The molecule has 2 aromatic carbocycles. The Morgan fingerprint density at radius 2 is 1.97 bits per heavy atom. The molecule has 0 saturated carbocycles. The third-order valence-corrected chi connectivity index (χ3v) is 7.38. The largest absolute Gasteiger partial charge is 0.454 e. The third-order valence-electron chi connectivity index (χ3n) is 4.36. The summed E-state index contributed by atoms with van der Waals surface area (Å²) in [5.41, 5.74) is 0.376. The molecule has 0 saturated heterocycles. The highest BCUT2D eigenvalue weighted by Crippen LogP contribution is 2.45. The second kappa shape index (κ2) is 7.08. The Kier molecular flexibility index (Phi) is 4.49. The Hall–Kier alpha value is -2.95. The van der Waals surface area contributed by atoms with E-state index in [0.717, 1.165) is 4.70 Å². The van der Waals surface area contributed by atoms with Gasteiger partial charge in [-0.3, -0.25) is 0 Å². The summed E-state index contributed by atoms with van der Waals surface area (Å²) < 4.78 is 51.3. The van der Waals surface area contributed by atoms with Crippen LogP contribution in [0.5, 0.6) is 22.3 Å². The van der Waals surface area contributed by atoms with Crippen LogP contribution in [-0.2, 0) is 10.0 Å². The number of ether oxygens (including phenoxy) is 3. The van der Waals surface area contributed by atoms with Gasteiger partial charge in [-0.05, 0) is 25.1 Å². The Balaban J connectivity index is 1.59. The highest BCUT2D eigenvalue weighted by atomic mass is 35.5. The van der Waals surface area contributed by atoms with Gasteiger partial charge >= 0.3 is 0 Å². The Labute approximate surface area is 180 Å². The molecule has 154 valence electrons. The molecule has 5 rings (SSSR count). The van der Waals surface area contributed by atoms with Crippen molar-refractivity contribution in [1.29, 1.82) is 0 Å². The molecule has 11 heteroatoms. The average molecular weight is 465 g/mol. The Morgan fingerprint density at radius 3 is 2.77 bits per heavy atom. The maximum absolute atomic E-state index is 13.3. The number of nitrogens with zero attached hydrogens (tertiary/aromatic N) is 1. The molecular formula is C19H13ClN2O6S2. The van der Waals surface area contributed by atoms with Crippen LogP contribution in [0.2, 0.25) is 5.02 Å². The molecular weight excluding hydrogens is 452 g/mol. The van der Waals surface area contributed by atoms with E-state index in [0.29, 0.717) is 28.3 Å². The number of halogens is 1. The van der Waals surface area contributed by atoms with Crippen LogP contribution in [0.3, 0.4) is 0 Å². The van der Waals surface area contributed by atoms with Crippen LogP contribution in [-0.4, -0.2) is 20.4 Å². The molecule has 1 N–H and O–H groups in total. The van der Waals surface area contributed by atoms with Crippen molar-refractivity contribution in [3.8, 4) is 22.3 Å². The maximum atomic E-state index is 13.3. The molecule has 0 radical (unpaired) electrons. The minimum absolute atomic E-state index is 0.0223. The maximum Gasteiger partial charge on any atom is 0.269 e. The molecule has 0 aliphatic carbocycles. The van der Waals surface area contributed by atoms with Crippen LogP contribution in [0, 0.1) is 6.92 Å². The summed E-state index contributed by atoms with van der Waals surface area (Å²) >= 11 is 7.29. The number of sulfonamides is 1. The van der Waals surface area contributed by atoms with E-state index in [9.17, 15) is 8.42 Å². The lowest BCUT2D eigenvalue weighted by molar-refractivity contribution is 0.174. The van der Waals surface area contributed by atoms with Crippen molar-refractivity contribution in [2.24, 2.45) is 0 Å². The number of rotatable bonds is 5. The van der Waals surface area contributed by atoms with Crippen molar-refractivity contribution >= 4 is 48.9 Å². The van der Waals surface area contributed by atoms with E-state index in [2.05, 4.69) is 9.88 Å². The van der Waals surface area contributed by atoms with Crippen LogP contribution in [0.1, 0.15) is 5.69 Å². The number of aromatic nitrogens is 1. The van der Waals surface area contributed by atoms with E-state index in [1.54, 1.807) is 37.3 Å². The molecule has 30 heavy (non-hydrogen) atoms. The van der Waals surface area contributed by atoms with Gasteiger partial charge in [0.2, 0.25) is 11.9 Å². The molecule has 8 nitrogen and oxygen atoms in total. The summed E-state index contributed by atoms with van der Waals surface area (Å²) in [5.74, 6) is 1.39. The van der Waals surface area contributed by atoms with Crippen molar-refractivity contribution in [3.05, 3.63) is 53.2 Å². The number of hydrogen-bond acceptors (Lipinski definition) is 8. The highest BCUT2D eigenvalue weighted by molar-refractivity contribution is 7.93. The second-order valence-electron chi connectivity index (χ2n) is 6.35. The van der Waals surface area contributed by atoms with Gasteiger partial charge in [0, 0.05) is 16.2 Å². The fourth-order valence-corrected chi connectivity index (χ4v) is 5.84. The zero-order valence-electron chi connectivity index (χ0n) is 15.3. The molecule has 0 spiro atoms. The van der Waals surface area contributed by atoms with Gasteiger partial charge in [-0.15, -0.1) is 0 Å². The number of nitrogens with one attached hydrogen (secondary N) is 1. The first-order chi connectivity index (χ1) is 14.4. The van der Waals surface area contributed by atoms with Crippen molar-refractivity contribution < 1.29 is 27.2 Å². The Morgan fingerprint density at radius 1 is 1.17 bits per heavy atom. The number of hydrogen-bond donors (Lipinski definition) is 1. The average Bonchev–Trinajstić information content (AvgIpc) is 3.41. The zero-order chi connectivity index (χ0) is 20.9. The van der Waals surface area contributed by atoms with Gasteiger partial charge < -0.3 is 18.7 Å². The standard InChI is InChI=1S/C19H13ClN2O6S2/c1-10-16(20)18(28-21-10)22-30(23,24)17-12-4-2-3-5-15(12)29-19(17)27-11-6-7-13-14(8-11)26-9-25-13/h2-8,22H,9H2,1H3. The van der Waals surface area contributed by atoms with Crippen molar-refractivity contribution in [3.63, 3.8) is 0 Å². The van der Waals surface area contributed by atoms with E-state index < -0.39 is 10.0 Å².